The van der Waals surface area contributed by atoms with Gasteiger partial charge in [0.1, 0.15) is 0 Å². The lowest BCUT2D eigenvalue weighted by atomic mass is 10.3. The molecule has 0 fully saturated rings. The summed E-state index contributed by atoms with van der Waals surface area (Å²) in [5.74, 6) is 0. The van der Waals surface area contributed by atoms with E-state index >= 15 is 0 Å². The third kappa shape index (κ3) is 3.62. The molecule has 0 radical (unpaired) electrons. The summed E-state index contributed by atoms with van der Waals surface area (Å²) in [6, 6.07) is 0. The quantitative estimate of drug-likeness (QED) is 0.537. The summed E-state index contributed by atoms with van der Waals surface area (Å²) in [6.07, 6.45) is 5.73. The van der Waals surface area contributed by atoms with E-state index in [1.54, 1.807) is 0 Å². The minimum absolute atomic E-state index is 0.157. The van der Waals surface area contributed by atoms with Gasteiger partial charge in [0.15, 0.2) is 0 Å². The molecule has 1 N–H and O–H groups in total. The first-order chi connectivity index (χ1) is 3.81. The monoisotopic (exact) mass is 112 g/mol. The predicted octanol–water partition coefficient (Wildman–Crippen LogP) is 1.50. The number of rotatable bonds is 2. The zero-order chi connectivity index (χ0) is 6.41. The third-order valence-electron chi connectivity index (χ3n) is 0.823. The molecule has 0 unspecified atom stereocenters. The van der Waals surface area contributed by atoms with E-state index in [1.807, 2.05) is 32.1 Å². The van der Waals surface area contributed by atoms with Crippen molar-refractivity contribution in [2.75, 3.05) is 6.61 Å². The first-order valence-electron chi connectivity index (χ1n) is 2.70. The van der Waals surface area contributed by atoms with Crippen LogP contribution in [0.2, 0.25) is 0 Å². The van der Waals surface area contributed by atoms with Crippen molar-refractivity contribution in [1.82, 2.24) is 0 Å². The summed E-state index contributed by atoms with van der Waals surface area (Å²) in [5.41, 5.74) is 0.989. The van der Waals surface area contributed by atoms with E-state index in [2.05, 4.69) is 0 Å². The normalized spacial score (nSPS) is 13.1. The fraction of sp³-hybridized carbons (Fsp3) is 0.429. The molecule has 0 aliphatic rings. The highest BCUT2D eigenvalue weighted by molar-refractivity contribution is 5.09. The van der Waals surface area contributed by atoms with Crippen molar-refractivity contribution in [2.45, 2.75) is 13.8 Å². The lowest BCUT2D eigenvalue weighted by molar-refractivity contribution is 0.331. The average Bonchev–Trinajstić information content (AvgIpc) is 1.83. The van der Waals surface area contributed by atoms with Gasteiger partial charge in [0.25, 0.3) is 0 Å². The average molecular weight is 112 g/mol. The summed E-state index contributed by atoms with van der Waals surface area (Å²) in [6.45, 7) is 3.99. The SMILES string of the molecule is C/C=C/C=C(/C)CO. The first kappa shape index (κ1) is 7.44. The number of aliphatic hydroxyl groups excluding tert-OH is 1. The standard InChI is InChI=1S/C7H12O/c1-3-4-5-7(2)6-8/h3-5,8H,6H2,1-2H3/b4-3+,7-5-. The Hall–Kier alpha value is -0.560. The Balaban J connectivity index is 3.57. The van der Waals surface area contributed by atoms with Crippen LogP contribution in [0.5, 0.6) is 0 Å². The molecular weight excluding hydrogens is 100 g/mol. The lowest BCUT2D eigenvalue weighted by Gasteiger charge is -1.86. The van der Waals surface area contributed by atoms with E-state index in [1.165, 1.54) is 0 Å². The summed E-state index contributed by atoms with van der Waals surface area (Å²) in [4.78, 5) is 0. The van der Waals surface area contributed by atoms with E-state index in [-0.39, 0.29) is 6.61 Å². The molecule has 0 atom stereocenters. The second-order valence-electron chi connectivity index (χ2n) is 1.70. The fourth-order valence-electron chi connectivity index (χ4n) is 0.313. The van der Waals surface area contributed by atoms with E-state index < -0.39 is 0 Å². The van der Waals surface area contributed by atoms with Gasteiger partial charge in [-0.05, 0) is 19.4 Å². The fourth-order valence-corrected chi connectivity index (χ4v) is 0.313. The topological polar surface area (TPSA) is 20.2 Å². The molecule has 0 aliphatic heterocycles. The molecule has 0 heterocycles. The van der Waals surface area contributed by atoms with Crippen LogP contribution in [0, 0.1) is 0 Å². The molecule has 0 spiro atoms. The zero-order valence-electron chi connectivity index (χ0n) is 5.39. The van der Waals surface area contributed by atoms with Gasteiger partial charge in [-0.1, -0.05) is 18.2 Å². The van der Waals surface area contributed by atoms with E-state index in [0.29, 0.717) is 0 Å². The van der Waals surface area contributed by atoms with Crippen LogP contribution in [0.4, 0.5) is 0 Å². The number of hydrogen-bond acceptors (Lipinski definition) is 1. The van der Waals surface area contributed by atoms with Crippen LogP contribution in [0.3, 0.4) is 0 Å². The molecule has 0 bridgehead atoms. The van der Waals surface area contributed by atoms with Crippen LogP contribution in [0.25, 0.3) is 0 Å². The van der Waals surface area contributed by atoms with Gasteiger partial charge >= 0.3 is 0 Å². The molecule has 0 saturated heterocycles. The molecule has 1 heteroatoms. The number of aliphatic hydroxyl groups is 1. The Morgan fingerprint density at radius 2 is 2.25 bits per heavy atom. The van der Waals surface area contributed by atoms with Crippen LogP contribution >= 0.6 is 0 Å². The molecule has 0 saturated carbocycles. The lowest BCUT2D eigenvalue weighted by Crippen LogP contribution is -1.80. The van der Waals surface area contributed by atoms with Crippen molar-refractivity contribution >= 4 is 0 Å². The molecule has 0 rings (SSSR count). The largest absolute Gasteiger partial charge is 0.392 e. The number of allylic oxidation sites excluding steroid dienone is 3. The Kier molecular flexibility index (Phi) is 4.27. The van der Waals surface area contributed by atoms with Gasteiger partial charge in [-0.15, -0.1) is 0 Å². The predicted molar refractivity (Wildman–Crippen MR) is 35.7 cm³/mol. The van der Waals surface area contributed by atoms with Crippen molar-refractivity contribution in [1.29, 1.82) is 0 Å². The van der Waals surface area contributed by atoms with E-state index in [0.717, 1.165) is 5.57 Å². The van der Waals surface area contributed by atoms with Gasteiger partial charge in [-0.25, -0.2) is 0 Å². The van der Waals surface area contributed by atoms with Crippen LogP contribution < -0.4 is 0 Å². The van der Waals surface area contributed by atoms with Crippen molar-refractivity contribution in [3.05, 3.63) is 23.8 Å². The van der Waals surface area contributed by atoms with Crippen LogP contribution in [-0.2, 0) is 0 Å². The maximum atomic E-state index is 8.46. The summed E-state index contributed by atoms with van der Waals surface area (Å²) in [7, 11) is 0. The highest BCUT2D eigenvalue weighted by atomic mass is 16.3. The second kappa shape index (κ2) is 4.60. The molecular formula is C7H12O. The molecule has 0 aliphatic carbocycles. The van der Waals surface area contributed by atoms with Crippen molar-refractivity contribution in [3.8, 4) is 0 Å². The van der Waals surface area contributed by atoms with Crippen molar-refractivity contribution < 1.29 is 5.11 Å². The molecule has 46 valence electrons. The molecule has 0 aromatic carbocycles. The second-order valence-corrected chi connectivity index (χ2v) is 1.70. The molecule has 0 aromatic rings. The van der Waals surface area contributed by atoms with Crippen LogP contribution in [0.15, 0.2) is 23.8 Å². The maximum absolute atomic E-state index is 8.46. The van der Waals surface area contributed by atoms with Crippen molar-refractivity contribution in [2.24, 2.45) is 0 Å². The van der Waals surface area contributed by atoms with Gasteiger partial charge in [0.2, 0.25) is 0 Å². The maximum Gasteiger partial charge on any atom is 0.0642 e. The van der Waals surface area contributed by atoms with Gasteiger partial charge in [-0.3, -0.25) is 0 Å². The van der Waals surface area contributed by atoms with Gasteiger partial charge in [-0.2, -0.15) is 0 Å². The molecule has 0 aromatic heterocycles. The Bertz CT molecular complexity index is 101. The first-order valence-corrected chi connectivity index (χ1v) is 2.70. The Morgan fingerprint density at radius 1 is 1.62 bits per heavy atom. The van der Waals surface area contributed by atoms with E-state index in [4.69, 9.17) is 5.11 Å². The minimum atomic E-state index is 0.157. The summed E-state index contributed by atoms with van der Waals surface area (Å²) >= 11 is 0. The minimum Gasteiger partial charge on any atom is -0.392 e. The smallest absolute Gasteiger partial charge is 0.0642 e. The van der Waals surface area contributed by atoms with Crippen molar-refractivity contribution in [3.63, 3.8) is 0 Å². The summed E-state index contributed by atoms with van der Waals surface area (Å²) in [5, 5.41) is 8.46. The third-order valence-corrected chi connectivity index (χ3v) is 0.823. The highest BCUT2D eigenvalue weighted by Gasteiger charge is 1.76. The zero-order valence-corrected chi connectivity index (χ0v) is 5.39. The van der Waals surface area contributed by atoms with Gasteiger partial charge in [0.05, 0.1) is 6.61 Å². The molecule has 8 heavy (non-hydrogen) atoms. The number of hydrogen-bond donors (Lipinski definition) is 1. The van der Waals surface area contributed by atoms with Gasteiger partial charge in [0, 0.05) is 0 Å². The highest BCUT2D eigenvalue weighted by Crippen LogP contribution is 1.88. The summed E-state index contributed by atoms with van der Waals surface area (Å²) < 4.78 is 0. The van der Waals surface area contributed by atoms with Crippen LogP contribution in [0.1, 0.15) is 13.8 Å². The van der Waals surface area contributed by atoms with Gasteiger partial charge < -0.3 is 5.11 Å². The Labute approximate surface area is 50.3 Å². The molecule has 1 nitrogen and oxygen atoms in total. The van der Waals surface area contributed by atoms with E-state index in [9.17, 15) is 0 Å². The Morgan fingerprint density at radius 3 is 2.62 bits per heavy atom. The molecule has 0 amide bonds. The van der Waals surface area contributed by atoms with Crippen LogP contribution in [-0.4, -0.2) is 11.7 Å².